The Morgan fingerprint density at radius 3 is 2.54 bits per heavy atom. The Kier molecular flexibility index (Phi) is 5.99. The zero-order valence-electron chi connectivity index (χ0n) is 18.6. The molecule has 0 spiro atoms. The fourth-order valence-electron chi connectivity index (χ4n) is 3.52. The maximum atomic E-state index is 14.2. The Hall–Kier alpha value is -3.96. The second kappa shape index (κ2) is 8.67. The Bertz CT molecular complexity index is 1340. The third-order valence-corrected chi connectivity index (χ3v) is 5.75. The summed E-state index contributed by atoms with van der Waals surface area (Å²) in [6.07, 6.45) is -1.04. The van der Waals surface area contributed by atoms with Gasteiger partial charge in [0.05, 0.1) is 16.9 Å². The van der Waals surface area contributed by atoms with E-state index in [9.17, 15) is 32.3 Å². The van der Waals surface area contributed by atoms with Crippen LogP contribution in [0.4, 0.5) is 29.1 Å². The van der Waals surface area contributed by atoms with Crippen molar-refractivity contribution in [3.63, 3.8) is 0 Å². The number of ether oxygens (including phenoxy) is 1. The average Bonchev–Trinajstić information content (AvgIpc) is 3.56. The van der Waals surface area contributed by atoms with Gasteiger partial charge in [-0.2, -0.15) is 13.2 Å². The van der Waals surface area contributed by atoms with Crippen molar-refractivity contribution in [1.29, 1.82) is 0 Å². The van der Waals surface area contributed by atoms with Crippen LogP contribution in [-0.2, 0) is 11.0 Å². The molecule has 1 saturated carbocycles. The van der Waals surface area contributed by atoms with Crippen molar-refractivity contribution in [3.05, 3.63) is 69.7 Å². The largest absolute Gasteiger partial charge is 0.490 e. The average molecular weight is 492 g/mol. The van der Waals surface area contributed by atoms with E-state index in [0.717, 1.165) is 10.6 Å². The lowest BCUT2D eigenvalue weighted by Gasteiger charge is -2.17. The number of carboxylic acids is 1. The number of hydrogen-bond donors (Lipinski definition) is 2. The molecule has 1 aromatic carbocycles. The van der Waals surface area contributed by atoms with E-state index < -0.39 is 34.5 Å². The molecule has 0 amide bonds. The van der Waals surface area contributed by atoms with Crippen LogP contribution in [0.1, 0.15) is 29.7 Å². The second-order valence-electron chi connectivity index (χ2n) is 8.35. The van der Waals surface area contributed by atoms with Crippen LogP contribution in [0, 0.1) is 25.1 Å². The highest BCUT2D eigenvalue weighted by Crippen LogP contribution is 2.46. The first kappa shape index (κ1) is 24.2. The summed E-state index contributed by atoms with van der Waals surface area (Å²) in [5, 5.41) is 11.8. The van der Waals surface area contributed by atoms with Crippen molar-refractivity contribution >= 4 is 17.5 Å². The molecule has 0 unspecified atom stereocenters. The van der Waals surface area contributed by atoms with Crippen LogP contribution in [0.5, 0.6) is 5.75 Å². The van der Waals surface area contributed by atoms with Gasteiger partial charge in [0.1, 0.15) is 29.4 Å². The van der Waals surface area contributed by atoms with Gasteiger partial charge in [-0.1, -0.05) is 0 Å². The van der Waals surface area contributed by atoms with Gasteiger partial charge in [0, 0.05) is 12.4 Å². The topological polar surface area (TPSA) is 106 Å². The number of alkyl halides is 3. The van der Waals surface area contributed by atoms with E-state index in [4.69, 9.17) is 4.74 Å². The Labute approximate surface area is 196 Å². The van der Waals surface area contributed by atoms with E-state index in [-0.39, 0.29) is 23.9 Å². The number of pyridine rings is 1. The van der Waals surface area contributed by atoms with Crippen molar-refractivity contribution in [1.82, 2.24) is 14.5 Å². The lowest BCUT2D eigenvalue weighted by Crippen LogP contribution is -2.24. The predicted octanol–water partition coefficient (Wildman–Crippen LogP) is 4.39. The molecule has 1 aliphatic rings. The molecule has 35 heavy (non-hydrogen) atoms. The Morgan fingerprint density at radius 2 is 1.97 bits per heavy atom. The highest BCUT2D eigenvalue weighted by atomic mass is 19.4. The highest BCUT2D eigenvalue weighted by molar-refractivity contribution is 5.78. The number of nitrogens with one attached hydrogen (secondary N) is 1. The van der Waals surface area contributed by atoms with E-state index in [1.807, 2.05) is 0 Å². The van der Waals surface area contributed by atoms with E-state index in [1.165, 1.54) is 12.4 Å². The van der Waals surface area contributed by atoms with Gasteiger partial charge in [-0.25, -0.2) is 14.4 Å². The molecule has 2 aromatic heterocycles. The molecule has 0 saturated heterocycles. The first-order chi connectivity index (χ1) is 16.4. The molecule has 2 heterocycles. The summed E-state index contributed by atoms with van der Waals surface area (Å²) in [7, 11) is 0. The molecule has 0 atom stereocenters. The van der Waals surface area contributed by atoms with E-state index in [1.54, 1.807) is 19.9 Å². The molecule has 8 nitrogen and oxygen atoms in total. The highest BCUT2D eigenvalue weighted by Gasteiger charge is 2.51. The number of rotatable bonds is 7. The Morgan fingerprint density at radius 1 is 1.26 bits per heavy atom. The normalized spacial score (nSPS) is 14.5. The summed E-state index contributed by atoms with van der Waals surface area (Å²) in [6.45, 7) is 3.37. The third kappa shape index (κ3) is 4.81. The minimum absolute atomic E-state index is 0.00695. The number of hydrogen-bond acceptors (Lipinski definition) is 6. The van der Waals surface area contributed by atoms with Crippen LogP contribution in [0.2, 0.25) is 0 Å². The SMILES string of the molecule is Cc1cc(-n2ccnc(Nc3ccc(C(F)(F)F)cc3F)c2=O)nc(C)c1OCC1(C(=O)O)CC1. The van der Waals surface area contributed by atoms with Gasteiger partial charge in [-0.15, -0.1) is 0 Å². The maximum Gasteiger partial charge on any atom is 0.416 e. The van der Waals surface area contributed by atoms with Crippen LogP contribution in [-0.4, -0.2) is 32.2 Å². The first-order valence-corrected chi connectivity index (χ1v) is 10.5. The smallest absolute Gasteiger partial charge is 0.416 e. The quantitative estimate of drug-likeness (QED) is 0.471. The van der Waals surface area contributed by atoms with E-state index >= 15 is 0 Å². The lowest BCUT2D eigenvalue weighted by atomic mass is 10.1. The molecule has 1 aliphatic carbocycles. The van der Waals surface area contributed by atoms with E-state index in [0.29, 0.717) is 42.0 Å². The van der Waals surface area contributed by atoms with Gasteiger partial charge in [-0.3, -0.25) is 14.2 Å². The van der Waals surface area contributed by atoms with Crippen molar-refractivity contribution in [2.75, 3.05) is 11.9 Å². The lowest BCUT2D eigenvalue weighted by molar-refractivity contribution is -0.144. The number of halogens is 4. The molecular formula is C23H20F4N4O4. The van der Waals surface area contributed by atoms with Crippen molar-refractivity contribution < 1.29 is 32.2 Å². The van der Waals surface area contributed by atoms with Crippen LogP contribution in [0.25, 0.3) is 5.82 Å². The van der Waals surface area contributed by atoms with E-state index in [2.05, 4.69) is 15.3 Å². The number of aliphatic carboxylic acids is 1. The molecule has 4 rings (SSSR count). The summed E-state index contributed by atoms with van der Waals surface area (Å²) < 4.78 is 59.4. The number of carbonyl (C=O) groups is 1. The summed E-state index contributed by atoms with van der Waals surface area (Å²) in [4.78, 5) is 32.6. The number of benzene rings is 1. The minimum Gasteiger partial charge on any atom is -0.490 e. The fourth-order valence-corrected chi connectivity index (χ4v) is 3.52. The molecule has 0 aliphatic heterocycles. The number of carboxylic acid groups (broad SMARTS) is 1. The van der Waals surface area contributed by atoms with Crippen molar-refractivity contribution in [2.45, 2.75) is 32.9 Å². The fraction of sp³-hybridized carbons (Fsp3) is 0.304. The maximum absolute atomic E-state index is 14.2. The second-order valence-corrected chi connectivity index (χ2v) is 8.35. The van der Waals surface area contributed by atoms with Crippen LogP contribution >= 0.6 is 0 Å². The zero-order valence-corrected chi connectivity index (χ0v) is 18.6. The zero-order chi connectivity index (χ0) is 25.5. The predicted molar refractivity (Wildman–Crippen MR) is 117 cm³/mol. The standard InChI is InChI=1S/C23H20F4N4O4/c1-12-9-17(29-13(2)18(12)35-11-22(5-6-22)21(33)34)31-8-7-28-19(20(31)32)30-16-4-3-14(10-15(16)24)23(25,26)27/h3-4,7-10H,5-6,11H2,1-2H3,(H,28,30)(H,33,34). The van der Waals surface area contributed by atoms with Gasteiger partial charge in [0.15, 0.2) is 5.82 Å². The van der Waals surface area contributed by atoms with Crippen LogP contribution in [0.3, 0.4) is 0 Å². The molecular weight excluding hydrogens is 472 g/mol. The molecule has 0 bridgehead atoms. The van der Waals surface area contributed by atoms with Crippen molar-refractivity contribution in [2.24, 2.45) is 5.41 Å². The van der Waals surface area contributed by atoms with Crippen molar-refractivity contribution in [3.8, 4) is 11.6 Å². The van der Waals surface area contributed by atoms with Gasteiger partial charge in [0.25, 0.3) is 5.56 Å². The number of aromatic nitrogens is 3. The van der Waals surface area contributed by atoms with Gasteiger partial charge in [-0.05, 0) is 56.5 Å². The number of aryl methyl sites for hydroxylation is 2. The molecule has 1 fully saturated rings. The number of nitrogens with zero attached hydrogens (tertiary/aromatic N) is 3. The van der Waals surface area contributed by atoms with Gasteiger partial charge < -0.3 is 15.2 Å². The monoisotopic (exact) mass is 492 g/mol. The molecule has 184 valence electrons. The molecule has 0 radical (unpaired) electrons. The summed E-state index contributed by atoms with van der Waals surface area (Å²) >= 11 is 0. The third-order valence-electron chi connectivity index (χ3n) is 5.75. The summed E-state index contributed by atoms with van der Waals surface area (Å²) in [6, 6.07) is 3.45. The van der Waals surface area contributed by atoms with Crippen LogP contribution in [0.15, 0.2) is 41.5 Å². The minimum atomic E-state index is -4.71. The Balaban J connectivity index is 1.60. The summed E-state index contributed by atoms with van der Waals surface area (Å²) in [5.74, 6) is -1.81. The van der Waals surface area contributed by atoms with Gasteiger partial charge >= 0.3 is 12.1 Å². The van der Waals surface area contributed by atoms with Crippen LogP contribution < -0.4 is 15.6 Å². The molecule has 3 aromatic rings. The molecule has 12 heteroatoms. The number of anilines is 2. The van der Waals surface area contributed by atoms with Gasteiger partial charge in [0.2, 0.25) is 0 Å². The summed E-state index contributed by atoms with van der Waals surface area (Å²) in [5.41, 5.74) is -2.07. The first-order valence-electron chi connectivity index (χ1n) is 10.5. The molecule has 2 N–H and O–H groups in total.